The van der Waals surface area contributed by atoms with Crippen LogP contribution in [0.15, 0.2) is 23.1 Å². The first-order chi connectivity index (χ1) is 9.65. The minimum absolute atomic E-state index is 0. The summed E-state index contributed by atoms with van der Waals surface area (Å²) in [6.07, 6.45) is 2.12. The number of unbranched alkanes of at least 4 members (excludes halogenated alkanes) is 1. The van der Waals surface area contributed by atoms with Crippen molar-refractivity contribution in [1.82, 2.24) is 4.72 Å². The van der Waals surface area contributed by atoms with Crippen LogP contribution < -0.4 is 15.2 Å². The van der Waals surface area contributed by atoms with Crippen LogP contribution in [0.2, 0.25) is 0 Å². The van der Waals surface area contributed by atoms with E-state index in [9.17, 15) is 21.2 Å². The molecule has 1 aromatic rings. The van der Waals surface area contributed by atoms with Crippen LogP contribution in [0.1, 0.15) is 12.8 Å². The number of halogens is 2. The van der Waals surface area contributed by atoms with Crippen LogP contribution in [0.4, 0.5) is 10.1 Å². The van der Waals surface area contributed by atoms with Gasteiger partial charge in [0.15, 0.2) is 0 Å². The van der Waals surface area contributed by atoms with Gasteiger partial charge in [-0.25, -0.2) is 25.9 Å². The molecule has 1 rings (SSSR count). The summed E-state index contributed by atoms with van der Waals surface area (Å²) in [5.74, 6) is -0.967. The zero-order valence-electron chi connectivity index (χ0n) is 11.9. The van der Waals surface area contributed by atoms with Gasteiger partial charge >= 0.3 is 0 Å². The molecule has 0 saturated heterocycles. The fourth-order valence-electron chi connectivity index (χ4n) is 1.50. The Hall–Kier alpha value is -0.940. The van der Waals surface area contributed by atoms with Crippen molar-refractivity contribution in [3.8, 4) is 0 Å². The van der Waals surface area contributed by atoms with Crippen LogP contribution in [0.5, 0.6) is 0 Å². The number of hydrogen-bond acceptors (Lipinski definition) is 5. The summed E-state index contributed by atoms with van der Waals surface area (Å²) >= 11 is 0. The van der Waals surface area contributed by atoms with Gasteiger partial charge in [-0.3, -0.25) is 4.72 Å². The van der Waals surface area contributed by atoms with Gasteiger partial charge in [0, 0.05) is 6.54 Å². The molecule has 7 nitrogen and oxygen atoms in total. The van der Waals surface area contributed by atoms with E-state index in [-0.39, 0.29) is 29.5 Å². The molecule has 1 aromatic carbocycles. The highest BCUT2D eigenvalue weighted by Crippen LogP contribution is 2.19. The predicted molar refractivity (Wildman–Crippen MR) is 85.6 cm³/mol. The number of sulfonamides is 2. The molecule has 0 atom stereocenters. The topological polar surface area (TPSA) is 118 Å². The molecule has 0 spiro atoms. The Bertz CT molecular complexity index is 695. The average molecular weight is 376 g/mol. The smallest absolute Gasteiger partial charge is 0.240 e. The lowest BCUT2D eigenvalue weighted by molar-refractivity contribution is 0.574. The van der Waals surface area contributed by atoms with E-state index < -0.39 is 25.9 Å². The number of rotatable bonds is 8. The van der Waals surface area contributed by atoms with Crippen molar-refractivity contribution >= 4 is 38.1 Å². The molecule has 0 aliphatic rings. The summed E-state index contributed by atoms with van der Waals surface area (Å²) in [4.78, 5) is -0.271. The fraction of sp³-hybridized carbons (Fsp3) is 0.455. The van der Waals surface area contributed by atoms with Crippen LogP contribution in [0, 0.1) is 5.82 Å². The van der Waals surface area contributed by atoms with Crippen molar-refractivity contribution in [1.29, 1.82) is 0 Å². The van der Waals surface area contributed by atoms with Crippen LogP contribution in [-0.2, 0) is 20.0 Å². The van der Waals surface area contributed by atoms with Crippen LogP contribution in [-0.4, -0.2) is 36.2 Å². The first-order valence-electron chi connectivity index (χ1n) is 6.13. The maximum Gasteiger partial charge on any atom is 0.240 e. The number of nitrogens with two attached hydrogens (primary N) is 1. The highest BCUT2D eigenvalue weighted by Gasteiger charge is 2.16. The quantitative estimate of drug-likeness (QED) is 0.576. The second kappa shape index (κ2) is 8.63. The second-order valence-electron chi connectivity index (χ2n) is 4.41. The largest absolute Gasteiger partial charge is 0.330 e. The van der Waals surface area contributed by atoms with Crippen LogP contribution in [0.25, 0.3) is 0 Å². The van der Waals surface area contributed by atoms with Crippen molar-refractivity contribution < 1.29 is 21.2 Å². The Labute approximate surface area is 136 Å². The third kappa shape index (κ3) is 6.88. The molecule has 0 unspecified atom stereocenters. The molecule has 0 amide bonds. The SMILES string of the molecule is CS(=O)(=O)Nc1ccc(S(=O)(=O)NCCCCN)cc1F.Cl. The first-order valence-corrected chi connectivity index (χ1v) is 9.50. The molecule has 0 aliphatic heterocycles. The summed E-state index contributed by atoms with van der Waals surface area (Å²) in [6.45, 7) is 0.659. The molecular formula is C11H19ClFN3O4S2. The minimum atomic E-state index is -3.83. The molecule has 4 N–H and O–H groups in total. The maximum absolute atomic E-state index is 13.7. The van der Waals surface area contributed by atoms with E-state index in [4.69, 9.17) is 5.73 Å². The number of anilines is 1. The summed E-state index contributed by atoms with van der Waals surface area (Å²) < 4.78 is 63.8. The lowest BCUT2D eigenvalue weighted by Crippen LogP contribution is -2.25. The maximum atomic E-state index is 13.7. The van der Waals surface area contributed by atoms with Crippen molar-refractivity contribution in [3.05, 3.63) is 24.0 Å². The van der Waals surface area contributed by atoms with E-state index >= 15 is 0 Å². The third-order valence-electron chi connectivity index (χ3n) is 2.47. The van der Waals surface area contributed by atoms with E-state index in [1.165, 1.54) is 0 Å². The third-order valence-corrected chi connectivity index (χ3v) is 4.52. The number of nitrogens with one attached hydrogen (secondary N) is 2. The fourth-order valence-corrected chi connectivity index (χ4v) is 3.16. The van der Waals surface area contributed by atoms with Gasteiger partial charge in [0.25, 0.3) is 0 Å². The summed E-state index contributed by atoms with van der Waals surface area (Å²) in [5, 5.41) is 0. The molecule has 22 heavy (non-hydrogen) atoms. The molecular weight excluding hydrogens is 357 g/mol. The van der Waals surface area contributed by atoms with E-state index in [0.717, 1.165) is 24.5 Å². The zero-order chi connectivity index (χ0) is 16.1. The normalized spacial score (nSPS) is 11.8. The van der Waals surface area contributed by atoms with E-state index in [0.29, 0.717) is 19.4 Å². The lowest BCUT2D eigenvalue weighted by Gasteiger charge is -2.09. The molecule has 128 valence electrons. The van der Waals surface area contributed by atoms with Gasteiger partial charge < -0.3 is 5.73 Å². The highest BCUT2D eigenvalue weighted by molar-refractivity contribution is 7.92. The van der Waals surface area contributed by atoms with E-state index in [1.54, 1.807) is 0 Å². The minimum Gasteiger partial charge on any atom is -0.330 e. The predicted octanol–water partition coefficient (Wildman–Crippen LogP) is 0.636. The van der Waals surface area contributed by atoms with Gasteiger partial charge in [0.1, 0.15) is 5.82 Å². The monoisotopic (exact) mass is 375 g/mol. The van der Waals surface area contributed by atoms with Crippen molar-refractivity contribution in [2.45, 2.75) is 17.7 Å². The van der Waals surface area contributed by atoms with Crippen LogP contribution in [0.3, 0.4) is 0 Å². The Morgan fingerprint density at radius 1 is 1.18 bits per heavy atom. The molecule has 0 heterocycles. The van der Waals surface area contributed by atoms with Gasteiger partial charge in [0.05, 0.1) is 16.8 Å². The summed E-state index contributed by atoms with van der Waals surface area (Å²) in [6, 6.07) is 2.95. The molecule has 0 fully saturated rings. The number of hydrogen-bond donors (Lipinski definition) is 3. The molecule has 0 aromatic heterocycles. The zero-order valence-corrected chi connectivity index (χ0v) is 14.3. The Morgan fingerprint density at radius 3 is 2.32 bits per heavy atom. The molecule has 0 radical (unpaired) electrons. The first kappa shape index (κ1) is 21.1. The summed E-state index contributed by atoms with van der Waals surface area (Å²) in [7, 11) is -7.47. The van der Waals surface area contributed by atoms with Crippen molar-refractivity contribution in [2.24, 2.45) is 5.73 Å². The standard InChI is InChI=1S/C11H18FN3O4S2.ClH/c1-20(16,17)15-11-5-4-9(8-10(11)12)21(18,19)14-7-3-2-6-13;/h4-5,8,14-15H,2-3,6-7,13H2,1H3;1H. The van der Waals surface area contributed by atoms with E-state index in [1.807, 2.05) is 4.72 Å². The van der Waals surface area contributed by atoms with E-state index in [2.05, 4.69) is 4.72 Å². The highest BCUT2D eigenvalue weighted by atomic mass is 35.5. The average Bonchev–Trinajstić information content (AvgIpc) is 2.35. The molecule has 0 saturated carbocycles. The van der Waals surface area contributed by atoms with Gasteiger partial charge in [-0.15, -0.1) is 12.4 Å². The van der Waals surface area contributed by atoms with Crippen LogP contribution >= 0.6 is 12.4 Å². The lowest BCUT2D eigenvalue weighted by atomic mass is 10.3. The van der Waals surface area contributed by atoms with Gasteiger partial charge in [-0.2, -0.15) is 0 Å². The Kier molecular flexibility index (Phi) is 8.26. The van der Waals surface area contributed by atoms with Crippen molar-refractivity contribution in [3.63, 3.8) is 0 Å². The summed E-state index contributed by atoms with van der Waals surface area (Å²) in [5.41, 5.74) is 4.99. The van der Waals surface area contributed by atoms with Gasteiger partial charge in [0.2, 0.25) is 20.0 Å². The molecule has 0 bridgehead atoms. The number of benzene rings is 1. The molecule has 11 heteroatoms. The van der Waals surface area contributed by atoms with Gasteiger partial charge in [-0.1, -0.05) is 0 Å². The van der Waals surface area contributed by atoms with Crippen molar-refractivity contribution in [2.75, 3.05) is 24.1 Å². The van der Waals surface area contributed by atoms with Gasteiger partial charge in [-0.05, 0) is 37.6 Å². The Morgan fingerprint density at radius 2 is 1.82 bits per heavy atom. The molecule has 0 aliphatic carbocycles. The second-order valence-corrected chi connectivity index (χ2v) is 7.92. The Balaban J connectivity index is 0.00000441.